The van der Waals surface area contributed by atoms with Gasteiger partial charge < -0.3 is 4.74 Å². The second-order valence-electron chi connectivity index (χ2n) is 2.19. The smallest absolute Gasteiger partial charge is 0.345 e. The lowest BCUT2D eigenvalue weighted by Crippen LogP contribution is -2.03. The molecule has 4 heteroatoms. The molecule has 68 valence electrons. The maximum atomic E-state index is 11.1. The van der Waals surface area contributed by atoms with Crippen molar-refractivity contribution >= 4 is 29.5 Å². The van der Waals surface area contributed by atoms with Gasteiger partial charge in [0.1, 0.15) is 0 Å². The summed E-state index contributed by atoms with van der Waals surface area (Å²) in [5.41, 5.74) is -0.0449. The van der Waals surface area contributed by atoms with E-state index < -0.39 is 0 Å². The van der Waals surface area contributed by atoms with Crippen LogP contribution in [0.3, 0.4) is 0 Å². The van der Waals surface area contributed by atoms with Crippen LogP contribution in [-0.2, 0) is 9.53 Å². The van der Waals surface area contributed by atoms with Crippen LogP contribution in [0.1, 0.15) is 13.8 Å². The van der Waals surface area contributed by atoms with Gasteiger partial charge in [0.15, 0.2) is 5.44 Å². The summed E-state index contributed by atoms with van der Waals surface area (Å²) in [5, 5.41) is 0. The maximum Gasteiger partial charge on any atom is 0.345 e. The fraction of sp³-hybridized carbons (Fsp3) is 0.625. The normalized spacial score (nSPS) is 22.3. The van der Waals surface area contributed by atoms with Crippen LogP contribution >= 0.6 is 23.5 Å². The molecule has 1 heterocycles. The van der Waals surface area contributed by atoms with Gasteiger partial charge in [-0.3, -0.25) is 0 Å². The van der Waals surface area contributed by atoms with E-state index in [1.165, 1.54) is 0 Å². The molecule has 0 amide bonds. The third-order valence-corrected chi connectivity index (χ3v) is 3.14. The Labute approximate surface area is 81.1 Å². The molecule has 0 aliphatic carbocycles. The fourth-order valence-corrected chi connectivity index (χ4v) is 2.40. The van der Waals surface area contributed by atoms with Crippen molar-refractivity contribution in [3.63, 3.8) is 0 Å². The second kappa shape index (κ2) is 4.82. The zero-order chi connectivity index (χ0) is 8.97. The van der Waals surface area contributed by atoms with E-state index in [0.717, 1.165) is 16.4 Å². The monoisotopic (exact) mass is 204 g/mol. The Hall–Kier alpha value is -0.0900. The standard InChI is InChI=1S/C8H12O2S2/c1-3-11-6-5-7(12-4-2)10-8(6)9/h5,7H,3-4H2,1-2H3. The third-order valence-electron chi connectivity index (χ3n) is 1.34. The zero-order valence-corrected chi connectivity index (χ0v) is 8.83. The molecule has 0 aromatic carbocycles. The molecular weight excluding hydrogens is 192 g/mol. The fourth-order valence-electron chi connectivity index (χ4n) is 0.898. The topological polar surface area (TPSA) is 26.3 Å². The molecule has 1 aliphatic heterocycles. The minimum atomic E-state index is -0.159. The average molecular weight is 204 g/mol. The molecule has 0 spiro atoms. The van der Waals surface area contributed by atoms with Gasteiger partial charge in [0.25, 0.3) is 0 Å². The Kier molecular flexibility index (Phi) is 4.01. The van der Waals surface area contributed by atoms with E-state index in [4.69, 9.17) is 4.74 Å². The zero-order valence-electron chi connectivity index (χ0n) is 7.20. The molecule has 0 bridgehead atoms. The van der Waals surface area contributed by atoms with Crippen molar-refractivity contribution in [1.29, 1.82) is 0 Å². The van der Waals surface area contributed by atoms with Crippen molar-refractivity contribution in [3.05, 3.63) is 11.0 Å². The Bertz CT molecular complexity index is 201. The molecule has 1 aliphatic rings. The number of esters is 1. The summed E-state index contributed by atoms with van der Waals surface area (Å²) >= 11 is 3.19. The Balaban J connectivity index is 2.49. The number of cyclic esters (lactones) is 1. The second-order valence-corrected chi connectivity index (χ2v) is 4.87. The predicted octanol–water partition coefficient (Wildman–Crippen LogP) is 2.26. The highest BCUT2D eigenvalue weighted by Gasteiger charge is 2.24. The molecular formula is C8H12O2S2. The Morgan fingerprint density at radius 2 is 2.25 bits per heavy atom. The molecule has 0 N–H and O–H groups in total. The molecule has 0 radical (unpaired) electrons. The van der Waals surface area contributed by atoms with Crippen molar-refractivity contribution in [2.75, 3.05) is 11.5 Å². The SMILES string of the molecule is CCSC1=CC(SCC)OC1=O. The van der Waals surface area contributed by atoms with Gasteiger partial charge in [-0.1, -0.05) is 13.8 Å². The van der Waals surface area contributed by atoms with Crippen LogP contribution in [0.15, 0.2) is 11.0 Å². The molecule has 0 aromatic rings. The van der Waals surface area contributed by atoms with E-state index >= 15 is 0 Å². The van der Waals surface area contributed by atoms with E-state index in [0.29, 0.717) is 0 Å². The van der Waals surface area contributed by atoms with E-state index in [1.54, 1.807) is 23.5 Å². The highest BCUT2D eigenvalue weighted by molar-refractivity contribution is 8.04. The average Bonchev–Trinajstić information content (AvgIpc) is 2.34. The molecule has 0 saturated heterocycles. The number of ether oxygens (including phenoxy) is 1. The van der Waals surface area contributed by atoms with Crippen LogP contribution in [0.5, 0.6) is 0 Å². The largest absolute Gasteiger partial charge is 0.443 e. The lowest BCUT2D eigenvalue weighted by molar-refractivity contribution is -0.136. The van der Waals surface area contributed by atoms with Crippen molar-refractivity contribution in [1.82, 2.24) is 0 Å². The van der Waals surface area contributed by atoms with E-state index in [-0.39, 0.29) is 11.4 Å². The maximum absolute atomic E-state index is 11.1. The first-order valence-electron chi connectivity index (χ1n) is 3.95. The van der Waals surface area contributed by atoms with E-state index in [2.05, 4.69) is 6.92 Å². The number of carbonyl (C=O) groups excluding carboxylic acids is 1. The van der Waals surface area contributed by atoms with Crippen LogP contribution in [0.2, 0.25) is 0 Å². The summed E-state index contributed by atoms with van der Waals surface area (Å²) in [6.07, 6.45) is 1.91. The molecule has 1 rings (SSSR count). The summed E-state index contributed by atoms with van der Waals surface area (Å²) in [6.45, 7) is 4.08. The van der Waals surface area contributed by atoms with Gasteiger partial charge in [0, 0.05) is 0 Å². The van der Waals surface area contributed by atoms with Crippen molar-refractivity contribution in [2.24, 2.45) is 0 Å². The van der Waals surface area contributed by atoms with Crippen LogP contribution in [0, 0.1) is 0 Å². The lowest BCUT2D eigenvalue weighted by Gasteiger charge is -2.03. The summed E-state index contributed by atoms with van der Waals surface area (Å²) < 4.78 is 5.08. The summed E-state index contributed by atoms with van der Waals surface area (Å²) in [4.78, 5) is 11.9. The van der Waals surface area contributed by atoms with Crippen molar-refractivity contribution < 1.29 is 9.53 Å². The first-order chi connectivity index (χ1) is 5.77. The van der Waals surface area contributed by atoms with Crippen LogP contribution in [-0.4, -0.2) is 22.9 Å². The lowest BCUT2D eigenvalue weighted by atomic mass is 10.6. The molecule has 0 fully saturated rings. The molecule has 0 aromatic heterocycles. The molecule has 1 atom stereocenters. The summed E-state index contributed by atoms with van der Waals surface area (Å²) in [7, 11) is 0. The number of hydrogen-bond donors (Lipinski definition) is 0. The van der Waals surface area contributed by atoms with Gasteiger partial charge in [-0.05, 0) is 17.6 Å². The minimum absolute atomic E-state index is 0.0449. The van der Waals surface area contributed by atoms with Crippen LogP contribution < -0.4 is 0 Å². The predicted molar refractivity (Wildman–Crippen MR) is 54.2 cm³/mol. The number of hydrogen-bond acceptors (Lipinski definition) is 4. The van der Waals surface area contributed by atoms with Gasteiger partial charge in [-0.25, -0.2) is 4.79 Å². The first kappa shape index (κ1) is 9.99. The number of rotatable bonds is 4. The Morgan fingerprint density at radius 1 is 1.50 bits per heavy atom. The molecule has 2 nitrogen and oxygen atoms in total. The minimum Gasteiger partial charge on any atom is -0.443 e. The Morgan fingerprint density at radius 3 is 2.83 bits per heavy atom. The van der Waals surface area contributed by atoms with E-state index in [9.17, 15) is 4.79 Å². The van der Waals surface area contributed by atoms with Gasteiger partial charge >= 0.3 is 5.97 Å². The summed E-state index contributed by atoms with van der Waals surface area (Å²) in [5.74, 6) is 1.73. The van der Waals surface area contributed by atoms with E-state index in [1.807, 2.05) is 13.0 Å². The molecule has 0 saturated carbocycles. The van der Waals surface area contributed by atoms with Crippen LogP contribution in [0.4, 0.5) is 0 Å². The highest BCUT2D eigenvalue weighted by Crippen LogP contribution is 2.29. The molecule has 12 heavy (non-hydrogen) atoms. The highest BCUT2D eigenvalue weighted by atomic mass is 32.2. The van der Waals surface area contributed by atoms with Gasteiger partial charge in [0.2, 0.25) is 0 Å². The summed E-state index contributed by atoms with van der Waals surface area (Å²) in [6, 6.07) is 0. The van der Waals surface area contributed by atoms with Crippen LogP contribution in [0.25, 0.3) is 0 Å². The number of carbonyl (C=O) groups is 1. The van der Waals surface area contributed by atoms with Gasteiger partial charge in [0.05, 0.1) is 4.91 Å². The number of thioether (sulfide) groups is 2. The molecule has 1 unspecified atom stereocenters. The van der Waals surface area contributed by atoms with Gasteiger partial charge in [-0.15, -0.1) is 23.5 Å². The van der Waals surface area contributed by atoms with Gasteiger partial charge in [-0.2, -0.15) is 0 Å². The van der Waals surface area contributed by atoms with Crippen molar-refractivity contribution in [2.45, 2.75) is 19.3 Å². The third kappa shape index (κ3) is 2.45. The van der Waals surface area contributed by atoms with Crippen molar-refractivity contribution in [3.8, 4) is 0 Å². The quantitative estimate of drug-likeness (QED) is 0.656. The first-order valence-corrected chi connectivity index (χ1v) is 5.98.